The Kier molecular flexibility index (Phi) is 6.57. The minimum atomic E-state index is -4.03. The van der Waals surface area contributed by atoms with Gasteiger partial charge in [0.15, 0.2) is 0 Å². The van der Waals surface area contributed by atoms with Gasteiger partial charge in [-0.05, 0) is 55.0 Å². The number of halogens is 1. The second kappa shape index (κ2) is 9.15. The van der Waals surface area contributed by atoms with Crippen LogP contribution in [0.2, 0.25) is 5.02 Å². The molecule has 160 valence electrons. The average molecular weight is 460 g/mol. The highest BCUT2D eigenvalue weighted by atomic mass is 35.5. The number of nitro benzene ring substituents is 1. The van der Waals surface area contributed by atoms with Gasteiger partial charge in [0.1, 0.15) is 0 Å². The van der Waals surface area contributed by atoms with E-state index in [9.17, 15) is 23.3 Å². The lowest BCUT2D eigenvalue weighted by Gasteiger charge is -2.15. The number of hydrogen-bond donors (Lipinski definition) is 2. The predicted molar refractivity (Wildman–Crippen MR) is 118 cm³/mol. The van der Waals surface area contributed by atoms with Crippen molar-refractivity contribution >= 4 is 38.9 Å². The fraction of sp³-hybridized carbons (Fsp3) is 0.0952. The van der Waals surface area contributed by atoms with Crippen LogP contribution in [-0.4, -0.2) is 19.2 Å². The highest BCUT2D eigenvalue weighted by Crippen LogP contribution is 2.21. The standard InChI is InChI=1S/C21H18ClN3O5S/c1-14(16-4-2-5-17(22)12-16)23-21(26)15-8-10-18(11-9-15)24-31(29,30)20-7-3-6-19(13-20)25(27)28/h2-14,24H,1H3,(H,23,26). The molecule has 0 spiro atoms. The van der Waals surface area contributed by atoms with E-state index in [1.807, 2.05) is 13.0 Å². The van der Waals surface area contributed by atoms with Crippen molar-refractivity contribution in [1.29, 1.82) is 0 Å². The summed E-state index contributed by atoms with van der Waals surface area (Å²) in [6.07, 6.45) is 0. The Morgan fingerprint density at radius 3 is 2.35 bits per heavy atom. The zero-order chi connectivity index (χ0) is 22.6. The lowest BCUT2D eigenvalue weighted by Crippen LogP contribution is -2.26. The molecule has 2 N–H and O–H groups in total. The number of benzene rings is 3. The number of rotatable bonds is 7. The van der Waals surface area contributed by atoms with Crippen LogP contribution in [0.1, 0.15) is 28.9 Å². The average Bonchev–Trinajstić information content (AvgIpc) is 2.74. The van der Waals surface area contributed by atoms with Crippen LogP contribution >= 0.6 is 11.6 Å². The summed E-state index contributed by atoms with van der Waals surface area (Å²) in [5.74, 6) is -0.333. The van der Waals surface area contributed by atoms with Crippen molar-refractivity contribution in [2.45, 2.75) is 17.9 Å². The molecular weight excluding hydrogens is 442 g/mol. The topological polar surface area (TPSA) is 118 Å². The molecule has 0 radical (unpaired) electrons. The molecule has 3 aromatic rings. The fourth-order valence-corrected chi connectivity index (χ4v) is 4.10. The van der Waals surface area contributed by atoms with E-state index in [4.69, 9.17) is 11.6 Å². The number of carbonyl (C=O) groups excluding carboxylic acids is 1. The first-order chi connectivity index (χ1) is 14.7. The third-order valence-corrected chi connectivity index (χ3v) is 6.05. The van der Waals surface area contributed by atoms with E-state index < -0.39 is 14.9 Å². The number of non-ortho nitro benzene ring substituents is 1. The first kappa shape index (κ1) is 22.3. The van der Waals surface area contributed by atoms with E-state index in [0.29, 0.717) is 10.6 Å². The zero-order valence-electron chi connectivity index (χ0n) is 16.3. The first-order valence-corrected chi connectivity index (χ1v) is 11.0. The Morgan fingerprint density at radius 1 is 1.03 bits per heavy atom. The van der Waals surface area contributed by atoms with E-state index in [-0.39, 0.29) is 28.2 Å². The minimum Gasteiger partial charge on any atom is -0.346 e. The first-order valence-electron chi connectivity index (χ1n) is 9.09. The van der Waals surface area contributed by atoms with Gasteiger partial charge in [-0.3, -0.25) is 19.6 Å². The molecule has 8 nitrogen and oxygen atoms in total. The van der Waals surface area contributed by atoms with E-state index in [0.717, 1.165) is 11.6 Å². The molecule has 0 aromatic heterocycles. The smallest absolute Gasteiger partial charge is 0.270 e. The van der Waals surface area contributed by atoms with Crippen LogP contribution in [0.15, 0.2) is 77.7 Å². The van der Waals surface area contributed by atoms with Gasteiger partial charge < -0.3 is 5.32 Å². The van der Waals surface area contributed by atoms with E-state index in [1.165, 1.54) is 42.5 Å². The molecule has 31 heavy (non-hydrogen) atoms. The van der Waals surface area contributed by atoms with Crippen molar-refractivity contribution < 1.29 is 18.1 Å². The van der Waals surface area contributed by atoms with Gasteiger partial charge in [0.05, 0.1) is 15.9 Å². The molecule has 1 unspecified atom stereocenters. The fourth-order valence-electron chi connectivity index (χ4n) is 2.81. The molecule has 0 aliphatic rings. The van der Waals surface area contributed by atoms with Crippen LogP contribution in [0, 0.1) is 10.1 Å². The Balaban J connectivity index is 1.70. The zero-order valence-corrected chi connectivity index (χ0v) is 17.9. The molecule has 3 aromatic carbocycles. The van der Waals surface area contributed by atoms with Gasteiger partial charge in [0, 0.05) is 28.4 Å². The van der Waals surface area contributed by atoms with Gasteiger partial charge in [-0.25, -0.2) is 8.42 Å². The second-order valence-corrected chi connectivity index (χ2v) is 8.81. The number of hydrogen-bond acceptors (Lipinski definition) is 5. The highest BCUT2D eigenvalue weighted by Gasteiger charge is 2.18. The van der Waals surface area contributed by atoms with Crippen LogP contribution in [0.3, 0.4) is 0 Å². The summed E-state index contributed by atoms with van der Waals surface area (Å²) in [7, 11) is -4.03. The monoisotopic (exact) mass is 459 g/mol. The Hall–Kier alpha value is -3.43. The van der Waals surface area contributed by atoms with Crippen LogP contribution in [0.4, 0.5) is 11.4 Å². The number of anilines is 1. The van der Waals surface area contributed by atoms with E-state index in [1.54, 1.807) is 18.2 Å². The summed E-state index contributed by atoms with van der Waals surface area (Å²) in [5.41, 5.74) is 1.07. The van der Waals surface area contributed by atoms with Crippen LogP contribution in [-0.2, 0) is 10.0 Å². The SMILES string of the molecule is CC(NC(=O)c1ccc(NS(=O)(=O)c2cccc([N+](=O)[O-])c2)cc1)c1cccc(Cl)c1. The molecule has 0 heterocycles. The second-order valence-electron chi connectivity index (χ2n) is 6.69. The van der Waals surface area contributed by atoms with Crippen molar-refractivity contribution in [3.63, 3.8) is 0 Å². The molecule has 3 rings (SSSR count). The molecule has 10 heteroatoms. The lowest BCUT2D eigenvalue weighted by molar-refractivity contribution is -0.385. The molecule has 0 aliphatic carbocycles. The number of carbonyl (C=O) groups is 1. The summed E-state index contributed by atoms with van der Waals surface area (Å²) in [4.78, 5) is 22.4. The van der Waals surface area contributed by atoms with Crippen molar-refractivity contribution in [3.05, 3.63) is 99.1 Å². The number of nitrogens with zero attached hydrogens (tertiary/aromatic N) is 1. The van der Waals surface area contributed by atoms with Crippen LogP contribution in [0.25, 0.3) is 0 Å². The van der Waals surface area contributed by atoms with Gasteiger partial charge >= 0.3 is 0 Å². The number of sulfonamides is 1. The van der Waals surface area contributed by atoms with E-state index >= 15 is 0 Å². The Bertz CT molecular complexity index is 1230. The third kappa shape index (κ3) is 5.59. The summed E-state index contributed by atoms with van der Waals surface area (Å²) in [6, 6.07) is 17.4. The maximum absolute atomic E-state index is 12.5. The van der Waals surface area contributed by atoms with Crippen molar-refractivity contribution in [1.82, 2.24) is 5.32 Å². The minimum absolute atomic E-state index is 0.214. The number of amides is 1. The summed E-state index contributed by atoms with van der Waals surface area (Å²) in [5, 5.41) is 14.3. The molecule has 0 saturated carbocycles. The normalized spacial score (nSPS) is 12.1. The molecule has 0 bridgehead atoms. The predicted octanol–water partition coefficient (Wildman–Crippen LogP) is 4.54. The van der Waals surface area contributed by atoms with E-state index in [2.05, 4.69) is 10.0 Å². The van der Waals surface area contributed by atoms with Gasteiger partial charge in [-0.1, -0.05) is 29.8 Å². The third-order valence-electron chi connectivity index (χ3n) is 4.43. The maximum atomic E-state index is 12.5. The van der Waals surface area contributed by atoms with Gasteiger partial charge in [-0.2, -0.15) is 0 Å². The Morgan fingerprint density at radius 2 is 1.71 bits per heavy atom. The van der Waals surface area contributed by atoms with Gasteiger partial charge in [-0.15, -0.1) is 0 Å². The summed E-state index contributed by atoms with van der Waals surface area (Å²) >= 11 is 5.98. The maximum Gasteiger partial charge on any atom is 0.270 e. The van der Waals surface area contributed by atoms with Crippen LogP contribution in [0.5, 0.6) is 0 Å². The molecule has 0 fully saturated rings. The molecular formula is C21H18ClN3O5S. The summed E-state index contributed by atoms with van der Waals surface area (Å²) < 4.78 is 27.3. The van der Waals surface area contributed by atoms with Gasteiger partial charge in [0.2, 0.25) is 0 Å². The molecule has 0 saturated heterocycles. The van der Waals surface area contributed by atoms with Crippen molar-refractivity contribution in [2.75, 3.05) is 4.72 Å². The number of nitro groups is 1. The molecule has 1 amide bonds. The lowest BCUT2D eigenvalue weighted by atomic mass is 10.1. The van der Waals surface area contributed by atoms with Gasteiger partial charge in [0.25, 0.3) is 21.6 Å². The number of nitrogens with one attached hydrogen (secondary N) is 2. The quantitative estimate of drug-likeness (QED) is 0.397. The van der Waals surface area contributed by atoms with Crippen molar-refractivity contribution in [3.8, 4) is 0 Å². The van der Waals surface area contributed by atoms with Crippen LogP contribution < -0.4 is 10.0 Å². The molecule has 0 aliphatic heterocycles. The molecule has 1 atom stereocenters. The Labute approximate surface area is 184 Å². The largest absolute Gasteiger partial charge is 0.346 e. The van der Waals surface area contributed by atoms with Crippen molar-refractivity contribution in [2.24, 2.45) is 0 Å². The highest BCUT2D eigenvalue weighted by molar-refractivity contribution is 7.92. The summed E-state index contributed by atoms with van der Waals surface area (Å²) in [6.45, 7) is 1.82.